The number of carbonyl (C=O) groups excluding carboxylic acids is 3. The molecule has 0 aliphatic heterocycles. The van der Waals surface area contributed by atoms with Crippen LogP contribution in [0.3, 0.4) is 0 Å². The molecule has 4 N–H and O–H groups in total. The van der Waals surface area contributed by atoms with E-state index in [1.807, 2.05) is 0 Å². The molecule has 4 saturated carbocycles. The van der Waals surface area contributed by atoms with Gasteiger partial charge in [0.1, 0.15) is 12.1 Å². The highest BCUT2D eigenvalue weighted by Crippen LogP contribution is 2.76. The number of benzene rings is 1. The minimum Gasteiger partial charge on any atom is -0.480 e. The van der Waals surface area contributed by atoms with E-state index in [-0.39, 0.29) is 68.5 Å². The summed E-state index contributed by atoms with van der Waals surface area (Å²) in [6.07, 6.45) is 14.2. The summed E-state index contributed by atoms with van der Waals surface area (Å²) in [6, 6.07) is 5.39. The second-order valence-electron chi connectivity index (χ2n) is 20.7. The number of fused-ring (bicyclic) bond motifs is 7. The molecular weight excluding hydrogens is 721 g/mol. The first-order valence-electron chi connectivity index (χ1n) is 21.7. The molecule has 5 aliphatic carbocycles. The van der Waals surface area contributed by atoms with Crippen LogP contribution in [0.4, 0.5) is 0 Å². The quantitative estimate of drug-likeness (QED) is 0.0928. The molecule has 9 atom stereocenters. The molecule has 0 aromatic heterocycles. The summed E-state index contributed by atoms with van der Waals surface area (Å²) in [7, 11) is 0. The number of rotatable bonds is 12. The second kappa shape index (κ2) is 15.5. The number of aromatic carboxylic acids is 1. The Balaban J connectivity index is 1.17. The van der Waals surface area contributed by atoms with Crippen LogP contribution in [-0.2, 0) is 19.1 Å². The van der Waals surface area contributed by atoms with Crippen LogP contribution < -0.4 is 10.6 Å². The highest BCUT2D eigenvalue weighted by atomic mass is 16.5. The SMILES string of the molecule is C[C@H](NC(=O)CCCCCNC(=O)[C@]12CCC(C)(C)CC1C1=CCC3[C@@]4(C)CC[C@H](OC(=O)c5ccccc5C(=O)O)C(C)(C)C4CC[C@@]3(C)[C@]1(C)CC2)C(=O)O. The highest BCUT2D eigenvalue weighted by molar-refractivity contribution is 6.02. The first kappa shape index (κ1) is 42.9. The number of carboxylic acid groups (broad SMARTS) is 2. The first-order valence-corrected chi connectivity index (χ1v) is 21.7. The maximum Gasteiger partial charge on any atom is 0.339 e. The highest BCUT2D eigenvalue weighted by Gasteiger charge is 2.69. The van der Waals surface area contributed by atoms with Gasteiger partial charge in [-0.15, -0.1) is 0 Å². The van der Waals surface area contributed by atoms with Gasteiger partial charge in [0, 0.05) is 18.4 Å². The first-order chi connectivity index (χ1) is 26.6. The number of hydrogen-bond acceptors (Lipinski definition) is 6. The van der Waals surface area contributed by atoms with Crippen molar-refractivity contribution < 1.29 is 38.9 Å². The number of amides is 2. The van der Waals surface area contributed by atoms with Crippen molar-refractivity contribution >= 4 is 29.7 Å². The molecule has 0 radical (unpaired) electrons. The van der Waals surface area contributed by atoms with Crippen molar-refractivity contribution in [2.24, 2.45) is 50.2 Å². The Morgan fingerprint density at radius 1 is 0.825 bits per heavy atom. The lowest BCUT2D eigenvalue weighted by molar-refractivity contribution is -0.204. The Morgan fingerprint density at radius 3 is 2.19 bits per heavy atom. The lowest BCUT2D eigenvalue weighted by Crippen LogP contribution is -2.65. The molecule has 0 heterocycles. The lowest BCUT2D eigenvalue weighted by Gasteiger charge is -2.71. The van der Waals surface area contributed by atoms with E-state index in [1.165, 1.54) is 18.6 Å². The normalized spacial score (nSPS) is 35.4. The molecule has 1 aromatic carbocycles. The Bertz CT molecular complexity index is 1800. The monoisotopic (exact) mass is 788 g/mol. The number of hydrogen-bond donors (Lipinski definition) is 4. The molecule has 0 spiro atoms. The zero-order valence-electron chi connectivity index (χ0n) is 35.7. The molecule has 2 amide bonds. The third kappa shape index (κ3) is 7.45. The van der Waals surface area contributed by atoms with Crippen LogP contribution in [0.15, 0.2) is 35.9 Å². The summed E-state index contributed by atoms with van der Waals surface area (Å²) < 4.78 is 6.25. The predicted molar refractivity (Wildman–Crippen MR) is 218 cm³/mol. The predicted octanol–water partition coefficient (Wildman–Crippen LogP) is 8.98. The minimum absolute atomic E-state index is 0.0242. The van der Waals surface area contributed by atoms with Crippen molar-refractivity contribution in [1.29, 1.82) is 0 Å². The van der Waals surface area contributed by atoms with Crippen LogP contribution in [0, 0.1) is 50.2 Å². The number of unbranched alkanes of at least 4 members (excludes halogenated alkanes) is 2. The Labute approximate surface area is 339 Å². The fourth-order valence-corrected chi connectivity index (χ4v) is 13.2. The summed E-state index contributed by atoms with van der Waals surface area (Å²) in [4.78, 5) is 63.0. The van der Waals surface area contributed by atoms with Crippen LogP contribution in [0.1, 0.15) is 166 Å². The lowest BCUT2D eigenvalue weighted by atomic mass is 9.33. The van der Waals surface area contributed by atoms with Gasteiger partial charge in [0.25, 0.3) is 0 Å². The van der Waals surface area contributed by atoms with Gasteiger partial charge in [-0.2, -0.15) is 0 Å². The van der Waals surface area contributed by atoms with E-state index in [0.29, 0.717) is 24.8 Å². The van der Waals surface area contributed by atoms with Gasteiger partial charge < -0.3 is 25.6 Å². The summed E-state index contributed by atoms with van der Waals surface area (Å²) in [6.45, 7) is 18.8. The van der Waals surface area contributed by atoms with Gasteiger partial charge in [-0.25, -0.2) is 9.59 Å². The summed E-state index contributed by atoms with van der Waals surface area (Å²) in [5.74, 6) is -1.88. The summed E-state index contributed by atoms with van der Waals surface area (Å²) >= 11 is 0. The van der Waals surface area contributed by atoms with Crippen LogP contribution >= 0.6 is 0 Å². The van der Waals surface area contributed by atoms with Crippen LogP contribution in [0.25, 0.3) is 0 Å². The van der Waals surface area contributed by atoms with Crippen molar-refractivity contribution in [3.8, 4) is 0 Å². The second-order valence-corrected chi connectivity index (χ2v) is 20.7. The van der Waals surface area contributed by atoms with Crippen molar-refractivity contribution in [3.63, 3.8) is 0 Å². The standard InChI is InChI=1S/C47H68N2O8/c1-29(38(51)52)49-37(50)16-10-9-13-27-48-41(56)47-25-23-42(2,3)28-33(47)32-17-18-35-44(6)21-20-36(57-40(55)31-15-12-11-14-30(31)39(53)54)43(4,5)34(44)19-22-46(35,8)45(32,7)24-26-47/h11-12,14-15,17,29,33-36H,9-10,13,16,18-28H2,1-8H3,(H,48,56)(H,49,50)(H,51,52)(H,53,54)/t29-,33?,34?,35?,36-,44-,45+,46+,47-/m0/s1. The Morgan fingerprint density at radius 2 is 1.51 bits per heavy atom. The fourth-order valence-electron chi connectivity index (χ4n) is 13.2. The molecule has 5 aliphatic rings. The Kier molecular flexibility index (Phi) is 11.7. The molecule has 0 bridgehead atoms. The molecule has 1 aromatic rings. The maximum absolute atomic E-state index is 14.5. The van der Waals surface area contributed by atoms with Crippen LogP contribution in [0.2, 0.25) is 0 Å². The van der Waals surface area contributed by atoms with Gasteiger partial charge in [0.05, 0.1) is 16.5 Å². The largest absolute Gasteiger partial charge is 0.480 e. The number of allylic oxidation sites excluding steroid dienone is 2. The molecule has 314 valence electrons. The molecule has 6 rings (SSSR count). The molecule has 10 nitrogen and oxygen atoms in total. The molecule has 3 unspecified atom stereocenters. The van der Waals surface area contributed by atoms with Crippen molar-refractivity contribution in [2.75, 3.05) is 6.54 Å². The van der Waals surface area contributed by atoms with Gasteiger partial charge in [0.2, 0.25) is 11.8 Å². The molecule has 57 heavy (non-hydrogen) atoms. The number of esters is 1. The van der Waals surface area contributed by atoms with Gasteiger partial charge in [-0.3, -0.25) is 14.4 Å². The number of nitrogens with one attached hydrogen (secondary N) is 2. The zero-order valence-corrected chi connectivity index (χ0v) is 35.7. The number of aliphatic carboxylic acids is 1. The van der Waals surface area contributed by atoms with Crippen molar-refractivity contribution in [3.05, 3.63) is 47.0 Å². The van der Waals surface area contributed by atoms with Crippen molar-refractivity contribution in [2.45, 2.75) is 157 Å². The molecule has 10 heteroatoms. The smallest absolute Gasteiger partial charge is 0.339 e. The average molecular weight is 789 g/mol. The van der Waals surface area contributed by atoms with E-state index >= 15 is 0 Å². The Hall–Kier alpha value is -3.69. The molecule has 4 fully saturated rings. The number of ether oxygens (including phenoxy) is 1. The van der Waals surface area contributed by atoms with Gasteiger partial charge in [-0.1, -0.05) is 78.7 Å². The number of carbonyl (C=O) groups is 5. The van der Waals surface area contributed by atoms with Gasteiger partial charge in [0.15, 0.2) is 0 Å². The summed E-state index contributed by atoms with van der Waals surface area (Å²) in [5.41, 5.74) is 1.01. The molecule has 0 saturated heterocycles. The van der Waals surface area contributed by atoms with E-state index in [4.69, 9.17) is 9.84 Å². The van der Waals surface area contributed by atoms with Crippen molar-refractivity contribution in [1.82, 2.24) is 10.6 Å². The average Bonchev–Trinajstić information content (AvgIpc) is 3.14. The zero-order chi connectivity index (χ0) is 41.8. The number of carboxylic acids is 2. The fraction of sp³-hybridized carbons (Fsp3) is 0.723. The van der Waals surface area contributed by atoms with E-state index in [9.17, 15) is 29.1 Å². The van der Waals surface area contributed by atoms with E-state index in [1.54, 1.807) is 18.2 Å². The van der Waals surface area contributed by atoms with E-state index in [2.05, 4.69) is 65.2 Å². The van der Waals surface area contributed by atoms with Crippen LogP contribution in [-0.4, -0.2) is 58.6 Å². The summed E-state index contributed by atoms with van der Waals surface area (Å²) in [5, 5.41) is 24.6. The maximum atomic E-state index is 14.5. The van der Waals surface area contributed by atoms with E-state index in [0.717, 1.165) is 77.0 Å². The third-order valence-corrected chi connectivity index (χ3v) is 16.8. The van der Waals surface area contributed by atoms with Gasteiger partial charge >= 0.3 is 17.9 Å². The van der Waals surface area contributed by atoms with E-state index < -0.39 is 29.4 Å². The minimum atomic E-state index is -1.14. The van der Waals surface area contributed by atoms with Crippen LogP contribution in [0.5, 0.6) is 0 Å². The third-order valence-electron chi connectivity index (χ3n) is 16.8. The van der Waals surface area contributed by atoms with Gasteiger partial charge in [-0.05, 0) is 136 Å². The topological polar surface area (TPSA) is 159 Å². The molecular formula is C47H68N2O8.